The highest BCUT2D eigenvalue weighted by molar-refractivity contribution is 7.09. The Morgan fingerprint density at radius 3 is 2.53 bits per heavy atom. The van der Waals surface area contributed by atoms with Crippen LogP contribution < -0.4 is 5.32 Å². The van der Waals surface area contributed by atoms with E-state index in [0.717, 1.165) is 28.2 Å². The van der Waals surface area contributed by atoms with Gasteiger partial charge >= 0.3 is 0 Å². The first-order chi connectivity index (χ1) is 14.7. The Hall–Kier alpha value is -3.32. The average Bonchev–Trinajstić information content (AvgIpc) is 3.43. The molecule has 2 heterocycles. The van der Waals surface area contributed by atoms with Crippen molar-refractivity contribution in [3.63, 3.8) is 0 Å². The summed E-state index contributed by atoms with van der Waals surface area (Å²) in [6.07, 6.45) is 1.52. The van der Waals surface area contributed by atoms with E-state index in [1.165, 1.54) is 5.56 Å². The summed E-state index contributed by atoms with van der Waals surface area (Å²) < 4.78 is 5.64. The van der Waals surface area contributed by atoms with Gasteiger partial charge in [-0.2, -0.15) is 0 Å². The van der Waals surface area contributed by atoms with E-state index >= 15 is 0 Å². The summed E-state index contributed by atoms with van der Waals surface area (Å²) >= 11 is 1.65. The second-order valence-electron chi connectivity index (χ2n) is 6.92. The van der Waals surface area contributed by atoms with Crippen molar-refractivity contribution >= 4 is 17.2 Å². The van der Waals surface area contributed by atoms with Gasteiger partial charge in [0.25, 0.3) is 0 Å². The maximum atomic E-state index is 12.1. The number of hydrogen-bond donors (Lipinski definition) is 1. The van der Waals surface area contributed by atoms with Crippen molar-refractivity contribution in [3.05, 3.63) is 76.4 Å². The molecule has 0 spiro atoms. The van der Waals surface area contributed by atoms with Crippen LogP contribution in [0.4, 0.5) is 0 Å². The van der Waals surface area contributed by atoms with Crippen molar-refractivity contribution in [2.24, 2.45) is 0 Å². The lowest BCUT2D eigenvalue weighted by Gasteiger charge is -2.05. The third-order valence-corrected chi connectivity index (χ3v) is 5.43. The number of aryl methyl sites for hydroxylation is 2. The highest BCUT2D eigenvalue weighted by Crippen LogP contribution is 2.22. The standard InChI is InChI=1S/C23H22N4O2S/c1-16-25-20(15-30-16)18-9-7-17(8-10-18)13-14-24-21(28)11-12-22-26-27-23(29-22)19-5-3-2-4-6-19/h2-10,15H,11-14H2,1H3,(H,24,28). The normalized spacial score (nSPS) is 10.8. The van der Waals surface area contributed by atoms with Gasteiger partial charge in [-0.25, -0.2) is 4.98 Å². The number of aromatic nitrogens is 3. The molecule has 0 aliphatic rings. The van der Waals surface area contributed by atoms with Crippen LogP contribution in [0.25, 0.3) is 22.7 Å². The molecule has 152 valence electrons. The molecule has 30 heavy (non-hydrogen) atoms. The Morgan fingerprint density at radius 2 is 1.80 bits per heavy atom. The lowest BCUT2D eigenvalue weighted by molar-refractivity contribution is -0.121. The molecule has 0 saturated heterocycles. The zero-order chi connectivity index (χ0) is 20.8. The Morgan fingerprint density at radius 1 is 1.00 bits per heavy atom. The topological polar surface area (TPSA) is 80.9 Å². The fourth-order valence-corrected chi connectivity index (χ4v) is 3.67. The monoisotopic (exact) mass is 418 g/mol. The number of carbonyl (C=O) groups is 1. The van der Waals surface area contributed by atoms with Crippen LogP contribution in [0.1, 0.15) is 22.9 Å². The van der Waals surface area contributed by atoms with Crippen LogP contribution >= 0.6 is 11.3 Å². The lowest BCUT2D eigenvalue weighted by Crippen LogP contribution is -2.25. The molecular formula is C23H22N4O2S. The molecule has 0 radical (unpaired) electrons. The molecular weight excluding hydrogens is 396 g/mol. The summed E-state index contributed by atoms with van der Waals surface area (Å²) in [5, 5.41) is 14.2. The number of nitrogens with zero attached hydrogens (tertiary/aromatic N) is 3. The first-order valence-corrected chi connectivity index (χ1v) is 10.7. The van der Waals surface area contributed by atoms with E-state index in [-0.39, 0.29) is 5.91 Å². The second kappa shape index (κ2) is 9.45. The molecule has 0 saturated carbocycles. The van der Waals surface area contributed by atoms with Gasteiger partial charge in [-0.15, -0.1) is 21.5 Å². The fraction of sp³-hybridized carbons (Fsp3) is 0.217. The van der Waals surface area contributed by atoms with E-state index in [1.54, 1.807) is 11.3 Å². The van der Waals surface area contributed by atoms with E-state index in [2.05, 4.69) is 50.1 Å². The van der Waals surface area contributed by atoms with Gasteiger partial charge in [-0.1, -0.05) is 42.5 Å². The highest BCUT2D eigenvalue weighted by atomic mass is 32.1. The molecule has 4 rings (SSSR count). The SMILES string of the molecule is Cc1nc(-c2ccc(CCNC(=O)CCc3nnc(-c4ccccc4)o3)cc2)cs1. The van der Waals surface area contributed by atoms with Gasteiger partial charge < -0.3 is 9.73 Å². The van der Waals surface area contributed by atoms with Crippen LogP contribution in [-0.2, 0) is 17.6 Å². The minimum absolute atomic E-state index is 0.0240. The molecule has 6 nitrogen and oxygen atoms in total. The Bertz CT molecular complexity index is 1100. The van der Waals surface area contributed by atoms with Crippen molar-refractivity contribution in [2.45, 2.75) is 26.2 Å². The molecule has 0 aliphatic carbocycles. The number of amides is 1. The van der Waals surface area contributed by atoms with E-state index in [9.17, 15) is 4.79 Å². The maximum Gasteiger partial charge on any atom is 0.247 e. The third kappa shape index (κ3) is 5.18. The summed E-state index contributed by atoms with van der Waals surface area (Å²) in [5.41, 5.74) is 4.17. The van der Waals surface area contributed by atoms with Gasteiger partial charge in [0.2, 0.25) is 17.7 Å². The van der Waals surface area contributed by atoms with E-state index in [1.807, 2.05) is 37.3 Å². The number of carbonyl (C=O) groups excluding carboxylic acids is 1. The molecule has 1 amide bonds. The van der Waals surface area contributed by atoms with Crippen molar-refractivity contribution in [3.8, 4) is 22.7 Å². The molecule has 0 fully saturated rings. The molecule has 2 aromatic heterocycles. The van der Waals surface area contributed by atoms with Gasteiger partial charge in [-0.05, 0) is 31.0 Å². The average molecular weight is 419 g/mol. The molecule has 0 bridgehead atoms. The lowest BCUT2D eigenvalue weighted by atomic mass is 10.1. The van der Waals surface area contributed by atoms with Crippen LogP contribution in [0, 0.1) is 6.92 Å². The zero-order valence-electron chi connectivity index (χ0n) is 16.7. The van der Waals surface area contributed by atoms with E-state index < -0.39 is 0 Å². The van der Waals surface area contributed by atoms with E-state index in [0.29, 0.717) is 31.2 Å². The summed E-state index contributed by atoms with van der Waals surface area (Å²) in [6, 6.07) is 17.9. The van der Waals surface area contributed by atoms with Gasteiger partial charge in [0.05, 0.1) is 10.7 Å². The number of rotatable bonds is 8. The predicted octanol–water partition coefficient (Wildman–Crippen LogP) is 4.46. The molecule has 0 unspecified atom stereocenters. The number of benzene rings is 2. The zero-order valence-corrected chi connectivity index (χ0v) is 17.5. The molecule has 0 atom stereocenters. The minimum Gasteiger partial charge on any atom is -0.421 e. The van der Waals surface area contributed by atoms with Gasteiger partial charge in [0.15, 0.2) is 0 Å². The van der Waals surface area contributed by atoms with Crippen LogP contribution in [0.2, 0.25) is 0 Å². The van der Waals surface area contributed by atoms with Crippen molar-refractivity contribution in [1.82, 2.24) is 20.5 Å². The Labute approximate surface area is 179 Å². The smallest absolute Gasteiger partial charge is 0.247 e. The van der Waals surface area contributed by atoms with Gasteiger partial charge in [-0.3, -0.25) is 4.79 Å². The molecule has 0 aliphatic heterocycles. The first kappa shape index (κ1) is 20.0. The van der Waals surface area contributed by atoms with Crippen LogP contribution in [0.3, 0.4) is 0 Å². The largest absolute Gasteiger partial charge is 0.421 e. The Balaban J connectivity index is 1.20. The summed E-state index contributed by atoms with van der Waals surface area (Å²) in [7, 11) is 0. The number of nitrogens with one attached hydrogen (secondary N) is 1. The summed E-state index contributed by atoms with van der Waals surface area (Å²) in [6.45, 7) is 2.60. The number of hydrogen-bond acceptors (Lipinski definition) is 6. The Kier molecular flexibility index (Phi) is 6.29. The molecule has 4 aromatic rings. The molecule has 7 heteroatoms. The third-order valence-electron chi connectivity index (χ3n) is 4.66. The summed E-state index contributed by atoms with van der Waals surface area (Å²) in [4.78, 5) is 16.6. The fourth-order valence-electron chi connectivity index (χ4n) is 3.05. The van der Waals surface area contributed by atoms with Crippen LogP contribution in [-0.4, -0.2) is 27.6 Å². The molecule has 1 N–H and O–H groups in total. The van der Waals surface area contributed by atoms with Crippen LogP contribution in [0.15, 0.2) is 64.4 Å². The van der Waals surface area contributed by atoms with Crippen LogP contribution in [0.5, 0.6) is 0 Å². The van der Waals surface area contributed by atoms with Gasteiger partial charge in [0, 0.05) is 35.9 Å². The summed E-state index contributed by atoms with van der Waals surface area (Å²) in [5.74, 6) is 0.920. The quantitative estimate of drug-likeness (QED) is 0.457. The van der Waals surface area contributed by atoms with E-state index in [4.69, 9.17) is 4.42 Å². The predicted molar refractivity (Wildman–Crippen MR) is 117 cm³/mol. The second-order valence-corrected chi connectivity index (χ2v) is 7.98. The number of thiazole rings is 1. The van der Waals surface area contributed by atoms with Gasteiger partial charge in [0.1, 0.15) is 0 Å². The van der Waals surface area contributed by atoms with Crippen molar-refractivity contribution < 1.29 is 9.21 Å². The first-order valence-electron chi connectivity index (χ1n) is 9.83. The maximum absolute atomic E-state index is 12.1. The molecule has 2 aromatic carbocycles. The minimum atomic E-state index is -0.0240. The van der Waals surface area contributed by atoms with Crippen molar-refractivity contribution in [2.75, 3.05) is 6.54 Å². The van der Waals surface area contributed by atoms with Crippen molar-refractivity contribution in [1.29, 1.82) is 0 Å². The highest BCUT2D eigenvalue weighted by Gasteiger charge is 2.10.